The minimum atomic E-state index is 0.635. The molecule has 1 heterocycles. The smallest absolute Gasteiger partial charge is 0.219 e. The molecule has 2 aromatic rings. The van der Waals surface area contributed by atoms with Gasteiger partial charge in [-0.1, -0.05) is 32.0 Å². The van der Waals surface area contributed by atoms with Crippen LogP contribution in [0.25, 0.3) is 0 Å². The second-order valence-corrected chi connectivity index (χ2v) is 3.09. The number of aryl methyl sites for hydroxylation is 1. The summed E-state index contributed by atoms with van der Waals surface area (Å²) in [5.41, 5.74) is 1.14. The maximum Gasteiger partial charge on any atom is 0.219 e. The van der Waals surface area contributed by atoms with Crippen molar-refractivity contribution in [3.63, 3.8) is 0 Å². The zero-order valence-corrected chi connectivity index (χ0v) is 9.97. The molecule has 16 heavy (non-hydrogen) atoms. The highest BCUT2D eigenvalue weighted by Crippen LogP contribution is 2.18. The Kier molecular flexibility index (Phi) is 5.06. The summed E-state index contributed by atoms with van der Waals surface area (Å²) in [7, 11) is 0. The lowest BCUT2D eigenvalue weighted by atomic mass is 10.3. The molecule has 1 aromatic heterocycles. The molecule has 0 aliphatic heterocycles. The first kappa shape index (κ1) is 12.2. The average molecular weight is 215 g/mol. The summed E-state index contributed by atoms with van der Waals surface area (Å²) < 4.78 is 5.55. The highest BCUT2D eigenvalue weighted by atomic mass is 16.5. The Bertz CT molecular complexity index is 412. The van der Waals surface area contributed by atoms with Crippen molar-refractivity contribution in [1.82, 2.24) is 4.98 Å². The van der Waals surface area contributed by atoms with Gasteiger partial charge in [-0.05, 0) is 30.7 Å². The van der Waals surface area contributed by atoms with E-state index in [-0.39, 0.29) is 0 Å². The Balaban J connectivity index is 0.000000606. The topological polar surface area (TPSA) is 22.1 Å². The number of aromatic nitrogens is 1. The SMILES string of the molecule is CC.Cc1ccnc(Oc2ccccc2)c1. The molecular weight excluding hydrogens is 198 g/mol. The van der Waals surface area contributed by atoms with Crippen LogP contribution < -0.4 is 4.74 Å². The number of para-hydroxylation sites is 1. The third-order valence-electron chi connectivity index (χ3n) is 1.86. The van der Waals surface area contributed by atoms with Gasteiger partial charge in [0.1, 0.15) is 5.75 Å². The van der Waals surface area contributed by atoms with Gasteiger partial charge in [-0.2, -0.15) is 0 Å². The van der Waals surface area contributed by atoms with Crippen LogP contribution in [0.2, 0.25) is 0 Å². The molecule has 2 nitrogen and oxygen atoms in total. The van der Waals surface area contributed by atoms with Crippen molar-refractivity contribution >= 4 is 0 Å². The monoisotopic (exact) mass is 215 g/mol. The van der Waals surface area contributed by atoms with Crippen molar-refractivity contribution in [1.29, 1.82) is 0 Å². The summed E-state index contributed by atoms with van der Waals surface area (Å²) in [6.45, 7) is 6.01. The third-order valence-corrected chi connectivity index (χ3v) is 1.86. The highest BCUT2D eigenvalue weighted by molar-refractivity contribution is 5.28. The quantitative estimate of drug-likeness (QED) is 0.748. The van der Waals surface area contributed by atoms with Gasteiger partial charge in [0.2, 0.25) is 5.88 Å². The predicted octanol–water partition coefficient (Wildman–Crippen LogP) is 4.21. The van der Waals surface area contributed by atoms with Gasteiger partial charge in [-0.3, -0.25) is 0 Å². The molecule has 0 N–H and O–H groups in total. The largest absolute Gasteiger partial charge is 0.439 e. The number of ether oxygens (including phenoxy) is 1. The third kappa shape index (κ3) is 3.73. The number of pyridine rings is 1. The van der Waals surface area contributed by atoms with Crippen LogP contribution in [0.3, 0.4) is 0 Å². The van der Waals surface area contributed by atoms with Gasteiger partial charge >= 0.3 is 0 Å². The Hall–Kier alpha value is -1.83. The van der Waals surface area contributed by atoms with Gasteiger partial charge in [0, 0.05) is 12.3 Å². The minimum absolute atomic E-state index is 0.635. The molecule has 2 rings (SSSR count). The Labute approximate surface area is 96.9 Å². The summed E-state index contributed by atoms with van der Waals surface area (Å²) in [6.07, 6.45) is 1.74. The fraction of sp³-hybridized carbons (Fsp3) is 0.214. The number of benzene rings is 1. The molecule has 0 unspecified atom stereocenters. The zero-order valence-electron chi connectivity index (χ0n) is 9.97. The Morgan fingerprint density at radius 3 is 2.31 bits per heavy atom. The van der Waals surface area contributed by atoms with Crippen LogP contribution in [0.5, 0.6) is 11.6 Å². The first-order valence-corrected chi connectivity index (χ1v) is 5.50. The van der Waals surface area contributed by atoms with E-state index in [2.05, 4.69) is 4.98 Å². The van der Waals surface area contributed by atoms with Crippen LogP contribution in [-0.4, -0.2) is 4.98 Å². The van der Waals surface area contributed by atoms with E-state index < -0.39 is 0 Å². The van der Waals surface area contributed by atoms with Gasteiger partial charge in [0.15, 0.2) is 0 Å². The lowest BCUT2D eigenvalue weighted by Gasteiger charge is -2.03. The number of hydrogen-bond acceptors (Lipinski definition) is 2. The molecular formula is C14H17NO. The molecule has 0 amide bonds. The summed E-state index contributed by atoms with van der Waals surface area (Å²) in [6, 6.07) is 13.5. The van der Waals surface area contributed by atoms with E-state index in [0.29, 0.717) is 5.88 Å². The first-order valence-electron chi connectivity index (χ1n) is 5.50. The first-order chi connectivity index (χ1) is 7.84. The van der Waals surface area contributed by atoms with E-state index in [1.807, 2.05) is 63.2 Å². The molecule has 0 aliphatic rings. The van der Waals surface area contributed by atoms with Crippen molar-refractivity contribution in [2.75, 3.05) is 0 Å². The van der Waals surface area contributed by atoms with Gasteiger partial charge in [0.25, 0.3) is 0 Å². The van der Waals surface area contributed by atoms with Crippen molar-refractivity contribution in [3.05, 3.63) is 54.2 Å². The maximum absolute atomic E-state index is 5.55. The van der Waals surface area contributed by atoms with Crippen LogP contribution in [0.15, 0.2) is 48.7 Å². The van der Waals surface area contributed by atoms with Crippen LogP contribution in [0.4, 0.5) is 0 Å². The van der Waals surface area contributed by atoms with E-state index in [1.165, 1.54) is 0 Å². The Morgan fingerprint density at radius 2 is 1.69 bits per heavy atom. The molecule has 84 valence electrons. The number of nitrogens with zero attached hydrogens (tertiary/aromatic N) is 1. The zero-order chi connectivity index (χ0) is 11.8. The van der Waals surface area contributed by atoms with Crippen LogP contribution in [-0.2, 0) is 0 Å². The molecule has 0 saturated heterocycles. The van der Waals surface area contributed by atoms with Gasteiger partial charge in [-0.15, -0.1) is 0 Å². The van der Waals surface area contributed by atoms with Crippen LogP contribution >= 0.6 is 0 Å². The fourth-order valence-electron chi connectivity index (χ4n) is 1.17. The molecule has 1 aromatic carbocycles. The standard InChI is InChI=1S/C12H11NO.C2H6/c1-10-7-8-13-12(9-10)14-11-5-3-2-4-6-11;1-2/h2-9H,1H3;1-2H3. The maximum atomic E-state index is 5.55. The molecule has 0 aliphatic carbocycles. The highest BCUT2D eigenvalue weighted by Gasteiger charge is 1.96. The summed E-state index contributed by atoms with van der Waals surface area (Å²) >= 11 is 0. The summed E-state index contributed by atoms with van der Waals surface area (Å²) in [5.74, 6) is 1.45. The molecule has 0 spiro atoms. The molecule has 0 bridgehead atoms. The molecule has 0 radical (unpaired) electrons. The van der Waals surface area contributed by atoms with Crippen molar-refractivity contribution in [3.8, 4) is 11.6 Å². The van der Waals surface area contributed by atoms with Gasteiger partial charge < -0.3 is 4.74 Å². The van der Waals surface area contributed by atoms with Crippen LogP contribution in [0, 0.1) is 6.92 Å². The van der Waals surface area contributed by atoms with E-state index in [9.17, 15) is 0 Å². The molecule has 0 saturated carbocycles. The van der Waals surface area contributed by atoms with E-state index in [0.717, 1.165) is 11.3 Å². The van der Waals surface area contributed by atoms with Crippen LogP contribution in [0.1, 0.15) is 19.4 Å². The second-order valence-electron chi connectivity index (χ2n) is 3.09. The van der Waals surface area contributed by atoms with E-state index in [1.54, 1.807) is 6.20 Å². The van der Waals surface area contributed by atoms with Crippen molar-refractivity contribution < 1.29 is 4.74 Å². The Morgan fingerprint density at radius 1 is 1.00 bits per heavy atom. The lowest BCUT2D eigenvalue weighted by Crippen LogP contribution is -1.87. The van der Waals surface area contributed by atoms with Gasteiger partial charge in [0.05, 0.1) is 0 Å². The fourth-order valence-corrected chi connectivity index (χ4v) is 1.17. The molecule has 0 atom stereocenters. The number of hydrogen-bond donors (Lipinski definition) is 0. The van der Waals surface area contributed by atoms with E-state index in [4.69, 9.17) is 4.74 Å². The van der Waals surface area contributed by atoms with Crippen molar-refractivity contribution in [2.45, 2.75) is 20.8 Å². The second kappa shape index (κ2) is 6.62. The normalized spacial score (nSPS) is 8.94. The van der Waals surface area contributed by atoms with Gasteiger partial charge in [-0.25, -0.2) is 4.98 Å². The summed E-state index contributed by atoms with van der Waals surface area (Å²) in [5, 5.41) is 0. The molecule has 2 heteroatoms. The number of rotatable bonds is 2. The minimum Gasteiger partial charge on any atom is -0.439 e. The molecule has 0 fully saturated rings. The van der Waals surface area contributed by atoms with E-state index >= 15 is 0 Å². The summed E-state index contributed by atoms with van der Waals surface area (Å²) in [4.78, 5) is 4.11. The average Bonchev–Trinajstić information content (AvgIpc) is 2.33. The predicted molar refractivity (Wildman–Crippen MR) is 66.8 cm³/mol. The lowest BCUT2D eigenvalue weighted by molar-refractivity contribution is 0.462. The van der Waals surface area contributed by atoms with Crippen molar-refractivity contribution in [2.24, 2.45) is 0 Å².